The molecule has 0 spiro atoms. The van der Waals surface area contributed by atoms with Crippen molar-refractivity contribution in [2.75, 3.05) is 6.26 Å². The van der Waals surface area contributed by atoms with Crippen LogP contribution in [0.5, 0.6) is 0 Å². The number of pyridine rings is 1. The molecule has 2 rings (SSSR count). The quantitative estimate of drug-likeness (QED) is 0.489. The largest absolute Gasteiger partial charge is 0.392 e. The van der Waals surface area contributed by atoms with E-state index in [0.717, 1.165) is 52.9 Å². The highest BCUT2D eigenvalue weighted by atomic mass is 32.2. The average molecular weight is 430 g/mol. The molecule has 1 heterocycles. The van der Waals surface area contributed by atoms with Gasteiger partial charge in [0.25, 0.3) is 0 Å². The van der Waals surface area contributed by atoms with E-state index in [1.165, 1.54) is 6.26 Å². The number of hydrogen-bond donors (Lipinski definition) is 1. The first kappa shape index (κ1) is 24.3. The SMILES string of the molecule is CCCC/C=C/c1c(C(C)C)nc(C(C)C)c(CO)c1-c1ccc(S(C)(=O)=O)cc1. The van der Waals surface area contributed by atoms with E-state index in [4.69, 9.17) is 4.98 Å². The summed E-state index contributed by atoms with van der Waals surface area (Å²) in [6, 6.07) is 6.95. The van der Waals surface area contributed by atoms with E-state index in [0.29, 0.717) is 4.90 Å². The second-order valence-corrected chi connectivity index (χ2v) is 10.5. The average Bonchev–Trinajstić information content (AvgIpc) is 2.69. The van der Waals surface area contributed by atoms with Crippen LogP contribution in [0.2, 0.25) is 0 Å². The second kappa shape index (κ2) is 10.4. The standard InChI is InChI=1S/C25H35NO3S/c1-7-8-9-10-11-21-23(19-12-14-20(15-13-19)30(6,28)29)22(16-27)25(18(4)5)26-24(21)17(2)3/h10-15,17-18,27H,7-9,16H2,1-6H3/b11-10+. The Balaban J connectivity index is 2.83. The Kier molecular flexibility index (Phi) is 8.39. The molecule has 0 amide bonds. The molecule has 30 heavy (non-hydrogen) atoms. The third-order valence-electron chi connectivity index (χ3n) is 5.23. The van der Waals surface area contributed by atoms with Crippen LogP contribution in [0.3, 0.4) is 0 Å². The smallest absolute Gasteiger partial charge is 0.175 e. The van der Waals surface area contributed by atoms with Gasteiger partial charge in [0.05, 0.1) is 17.2 Å². The normalized spacial score (nSPS) is 12.4. The van der Waals surface area contributed by atoms with Crippen LogP contribution < -0.4 is 0 Å². The van der Waals surface area contributed by atoms with Crippen molar-refractivity contribution in [1.29, 1.82) is 0 Å². The van der Waals surface area contributed by atoms with E-state index in [1.54, 1.807) is 12.1 Å². The van der Waals surface area contributed by atoms with E-state index in [9.17, 15) is 13.5 Å². The molecule has 0 fully saturated rings. The maximum Gasteiger partial charge on any atom is 0.175 e. The summed E-state index contributed by atoms with van der Waals surface area (Å²) in [6.45, 7) is 10.5. The molecule has 1 N–H and O–H groups in total. The van der Waals surface area contributed by atoms with Crippen molar-refractivity contribution in [3.05, 3.63) is 52.9 Å². The summed E-state index contributed by atoms with van der Waals surface area (Å²) in [5.41, 5.74) is 5.58. The van der Waals surface area contributed by atoms with Gasteiger partial charge in [-0.05, 0) is 41.5 Å². The number of rotatable bonds is 9. The number of allylic oxidation sites excluding steroid dienone is 1. The molecule has 0 saturated carbocycles. The molecule has 4 nitrogen and oxygen atoms in total. The summed E-state index contributed by atoms with van der Waals surface area (Å²) in [4.78, 5) is 5.27. The molecular weight excluding hydrogens is 394 g/mol. The van der Waals surface area contributed by atoms with Crippen LogP contribution in [0.15, 0.2) is 35.2 Å². The van der Waals surface area contributed by atoms with Gasteiger partial charge in [-0.3, -0.25) is 4.98 Å². The summed E-state index contributed by atoms with van der Waals surface area (Å²) in [7, 11) is -3.27. The van der Waals surface area contributed by atoms with Gasteiger partial charge in [0.1, 0.15) is 0 Å². The fourth-order valence-electron chi connectivity index (χ4n) is 3.64. The lowest BCUT2D eigenvalue weighted by atomic mass is 9.87. The first-order chi connectivity index (χ1) is 14.1. The number of aliphatic hydroxyl groups excluding tert-OH is 1. The summed E-state index contributed by atoms with van der Waals surface area (Å²) in [5, 5.41) is 10.3. The molecule has 0 radical (unpaired) electrons. The summed E-state index contributed by atoms with van der Waals surface area (Å²) in [6.07, 6.45) is 8.76. The summed E-state index contributed by atoms with van der Waals surface area (Å²) >= 11 is 0. The Hall–Kier alpha value is -1.98. The Morgan fingerprint density at radius 1 is 1.03 bits per heavy atom. The zero-order chi connectivity index (χ0) is 22.5. The monoisotopic (exact) mass is 429 g/mol. The Bertz CT molecular complexity index is 988. The van der Waals surface area contributed by atoms with Gasteiger partial charge in [-0.2, -0.15) is 0 Å². The molecule has 0 aliphatic rings. The minimum Gasteiger partial charge on any atom is -0.392 e. The molecule has 0 unspecified atom stereocenters. The molecule has 2 aromatic rings. The van der Waals surface area contributed by atoms with Crippen molar-refractivity contribution in [2.45, 2.75) is 77.2 Å². The van der Waals surface area contributed by atoms with E-state index >= 15 is 0 Å². The number of nitrogens with zero attached hydrogens (tertiary/aromatic N) is 1. The van der Waals surface area contributed by atoms with Crippen LogP contribution >= 0.6 is 0 Å². The predicted molar refractivity (Wildman–Crippen MR) is 125 cm³/mol. The van der Waals surface area contributed by atoms with Crippen molar-refractivity contribution >= 4 is 15.9 Å². The Labute approximate surface area is 182 Å². The van der Waals surface area contributed by atoms with Crippen LogP contribution in [-0.2, 0) is 16.4 Å². The van der Waals surface area contributed by atoms with Crippen molar-refractivity contribution in [3.8, 4) is 11.1 Å². The van der Waals surface area contributed by atoms with Crippen LogP contribution in [0.25, 0.3) is 17.2 Å². The fourth-order valence-corrected chi connectivity index (χ4v) is 4.27. The highest BCUT2D eigenvalue weighted by molar-refractivity contribution is 7.90. The number of unbranched alkanes of at least 4 members (excludes halogenated alkanes) is 2. The van der Waals surface area contributed by atoms with Crippen LogP contribution in [0.1, 0.15) is 88.2 Å². The third-order valence-corrected chi connectivity index (χ3v) is 6.36. The molecule has 0 bridgehead atoms. The highest BCUT2D eigenvalue weighted by Gasteiger charge is 2.22. The first-order valence-corrected chi connectivity index (χ1v) is 12.6. The minimum absolute atomic E-state index is 0.113. The zero-order valence-electron chi connectivity index (χ0n) is 19.1. The fraction of sp³-hybridized carbons (Fsp3) is 0.480. The predicted octanol–water partition coefficient (Wildman–Crippen LogP) is 6.09. The van der Waals surface area contributed by atoms with Crippen molar-refractivity contribution in [3.63, 3.8) is 0 Å². The van der Waals surface area contributed by atoms with E-state index in [1.807, 2.05) is 12.1 Å². The molecule has 5 heteroatoms. The molecule has 0 saturated heterocycles. The molecule has 1 aromatic carbocycles. The third kappa shape index (κ3) is 5.58. The number of aromatic nitrogens is 1. The topological polar surface area (TPSA) is 67.3 Å². The van der Waals surface area contributed by atoms with Gasteiger partial charge in [-0.1, -0.05) is 71.7 Å². The highest BCUT2D eigenvalue weighted by Crippen LogP contribution is 2.37. The lowest BCUT2D eigenvalue weighted by molar-refractivity contribution is 0.280. The van der Waals surface area contributed by atoms with Crippen molar-refractivity contribution in [1.82, 2.24) is 4.98 Å². The van der Waals surface area contributed by atoms with Crippen LogP contribution in [-0.4, -0.2) is 24.8 Å². The van der Waals surface area contributed by atoms with Gasteiger partial charge in [-0.25, -0.2) is 8.42 Å². The van der Waals surface area contributed by atoms with Gasteiger partial charge in [0.15, 0.2) is 9.84 Å². The zero-order valence-corrected chi connectivity index (χ0v) is 19.9. The number of aliphatic hydroxyl groups is 1. The summed E-state index contributed by atoms with van der Waals surface area (Å²) < 4.78 is 23.8. The number of hydrogen-bond acceptors (Lipinski definition) is 4. The minimum atomic E-state index is -3.27. The van der Waals surface area contributed by atoms with Gasteiger partial charge >= 0.3 is 0 Å². The lowest BCUT2D eigenvalue weighted by Gasteiger charge is -2.23. The van der Waals surface area contributed by atoms with Gasteiger partial charge in [0.2, 0.25) is 0 Å². The molecule has 0 aliphatic heterocycles. The van der Waals surface area contributed by atoms with Crippen molar-refractivity contribution in [2.24, 2.45) is 0 Å². The lowest BCUT2D eigenvalue weighted by Crippen LogP contribution is -2.10. The van der Waals surface area contributed by atoms with Crippen molar-refractivity contribution < 1.29 is 13.5 Å². The Morgan fingerprint density at radius 3 is 2.10 bits per heavy atom. The van der Waals surface area contributed by atoms with Crippen LogP contribution in [0, 0.1) is 0 Å². The molecule has 1 aromatic heterocycles. The number of sulfone groups is 1. The Morgan fingerprint density at radius 2 is 1.63 bits per heavy atom. The van der Waals surface area contributed by atoms with Gasteiger partial charge in [0, 0.05) is 23.1 Å². The molecule has 0 aliphatic carbocycles. The number of benzene rings is 1. The van der Waals surface area contributed by atoms with Gasteiger partial charge in [-0.15, -0.1) is 0 Å². The molecular formula is C25H35NO3S. The first-order valence-electron chi connectivity index (χ1n) is 10.8. The summed E-state index contributed by atoms with van der Waals surface area (Å²) in [5.74, 6) is 0.381. The molecule has 0 atom stereocenters. The second-order valence-electron chi connectivity index (χ2n) is 8.46. The maximum absolute atomic E-state index is 11.9. The van der Waals surface area contributed by atoms with E-state index in [2.05, 4.69) is 46.8 Å². The maximum atomic E-state index is 11.9. The van der Waals surface area contributed by atoms with Gasteiger partial charge < -0.3 is 5.11 Å². The van der Waals surface area contributed by atoms with E-state index < -0.39 is 9.84 Å². The molecule has 164 valence electrons. The van der Waals surface area contributed by atoms with Crippen LogP contribution in [0.4, 0.5) is 0 Å². The van der Waals surface area contributed by atoms with E-state index in [-0.39, 0.29) is 18.4 Å².